The maximum absolute atomic E-state index is 15.0. The lowest BCUT2D eigenvalue weighted by molar-refractivity contribution is 0.185. The van der Waals surface area contributed by atoms with Crippen molar-refractivity contribution in [1.29, 1.82) is 0 Å². The molecule has 3 rings (SSSR count). The third kappa shape index (κ3) is 4.59. The normalized spacial score (nSPS) is 10.8. The molecule has 0 aliphatic rings. The Morgan fingerprint density at radius 2 is 1.74 bits per heavy atom. The number of hydrogen-bond donors (Lipinski definition) is 2. The Morgan fingerprint density at radius 3 is 2.44 bits per heavy atom. The van der Waals surface area contributed by atoms with Crippen LogP contribution in [0.5, 0.6) is 0 Å². The number of anilines is 3. The van der Waals surface area contributed by atoms with Crippen LogP contribution < -0.4 is 11.1 Å². The van der Waals surface area contributed by atoms with Crippen molar-refractivity contribution in [3.63, 3.8) is 0 Å². The van der Waals surface area contributed by atoms with Crippen LogP contribution >= 0.6 is 11.8 Å². The third-order valence-corrected chi connectivity index (χ3v) is 5.14. The fourth-order valence-corrected chi connectivity index (χ4v) is 3.63. The van der Waals surface area contributed by atoms with E-state index in [4.69, 9.17) is 10.5 Å². The van der Waals surface area contributed by atoms with Crippen LogP contribution in [-0.2, 0) is 17.1 Å². The second-order valence-corrected chi connectivity index (χ2v) is 6.97. The molecule has 0 unspecified atom stereocenters. The molecule has 0 bridgehead atoms. The van der Waals surface area contributed by atoms with E-state index in [-0.39, 0.29) is 23.7 Å². The number of nitrogens with one attached hydrogen (secondary N) is 1. The molecule has 0 fully saturated rings. The molecule has 0 aliphatic heterocycles. The van der Waals surface area contributed by atoms with Crippen molar-refractivity contribution in [2.45, 2.75) is 17.3 Å². The number of hydrogen-bond acceptors (Lipinski definition) is 4. The van der Waals surface area contributed by atoms with E-state index >= 15 is 4.39 Å². The summed E-state index contributed by atoms with van der Waals surface area (Å²) in [5.41, 5.74) is 8.06. The highest BCUT2D eigenvalue weighted by molar-refractivity contribution is 7.98. The van der Waals surface area contributed by atoms with Gasteiger partial charge in [0.2, 0.25) is 0 Å². The number of ether oxygens (including phenoxy) is 1. The fourth-order valence-electron chi connectivity index (χ4n) is 2.65. The van der Waals surface area contributed by atoms with Crippen LogP contribution in [-0.4, -0.2) is 7.11 Å². The summed E-state index contributed by atoms with van der Waals surface area (Å²) in [7, 11) is 1.53. The van der Waals surface area contributed by atoms with Gasteiger partial charge in [-0.05, 0) is 23.8 Å². The second kappa shape index (κ2) is 8.88. The van der Waals surface area contributed by atoms with Gasteiger partial charge in [0.15, 0.2) is 5.82 Å². The molecule has 0 saturated carbocycles. The van der Waals surface area contributed by atoms with Crippen molar-refractivity contribution < 1.29 is 13.5 Å². The molecule has 3 nitrogen and oxygen atoms in total. The molecule has 3 aromatic carbocycles. The van der Waals surface area contributed by atoms with Crippen LogP contribution in [0.15, 0.2) is 65.6 Å². The molecule has 0 aromatic heterocycles. The minimum atomic E-state index is -0.608. The van der Waals surface area contributed by atoms with Crippen LogP contribution in [0.2, 0.25) is 0 Å². The number of nitrogen functional groups attached to an aromatic ring is 1. The second-order valence-electron chi connectivity index (χ2n) is 5.95. The molecular formula is C21H20F2N2OS. The van der Waals surface area contributed by atoms with E-state index in [1.165, 1.54) is 24.9 Å². The Labute approximate surface area is 161 Å². The predicted octanol–water partition coefficient (Wildman–Crippen LogP) is 5.73. The molecule has 0 heterocycles. The SMILES string of the molecule is COCc1cc(SCc2ccccc2)c(N)c(F)c1Nc1ccccc1F. The highest BCUT2D eigenvalue weighted by Gasteiger charge is 2.18. The lowest BCUT2D eigenvalue weighted by atomic mass is 10.1. The van der Waals surface area contributed by atoms with Crippen molar-refractivity contribution in [3.05, 3.63) is 83.4 Å². The van der Waals surface area contributed by atoms with Gasteiger partial charge in [-0.2, -0.15) is 0 Å². The van der Waals surface area contributed by atoms with Crippen molar-refractivity contribution in [2.75, 3.05) is 18.2 Å². The molecule has 0 amide bonds. The van der Waals surface area contributed by atoms with Gasteiger partial charge in [-0.25, -0.2) is 8.78 Å². The summed E-state index contributed by atoms with van der Waals surface area (Å²) in [6, 6.07) is 17.8. The van der Waals surface area contributed by atoms with Crippen molar-refractivity contribution >= 4 is 28.8 Å². The summed E-state index contributed by atoms with van der Waals surface area (Å²) in [5, 5.41) is 2.82. The highest BCUT2D eigenvalue weighted by Crippen LogP contribution is 2.37. The maximum Gasteiger partial charge on any atom is 0.170 e. The van der Waals surface area contributed by atoms with E-state index in [9.17, 15) is 4.39 Å². The third-order valence-electron chi connectivity index (χ3n) is 4.02. The van der Waals surface area contributed by atoms with Gasteiger partial charge in [0.05, 0.1) is 23.7 Å². The largest absolute Gasteiger partial charge is 0.395 e. The zero-order valence-corrected chi connectivity index (χ0v) is 15.7. The first-order chi connectivity index (χ1) is 13.1. The quantitative estimate of drug-likeness (QED) is 0.402. The lowest BCUT2D eigenvalue weighted by Crippen LogP contribution is -2.06. The van der Waals surface area contributed by atoms with Crippen LogP contribution in [0.1, 0.15) is 11.1 Å². The number of methoxy groups -OCH3 is 1. The van der Waals surface area contributed by atoms with Gasteiger partial charge in [-0.3, -0.25) is 0 Å². The number of benzene rings is 3. The first-order valence-electron chi connectivity index (χ1n) is 8.38. The van der Waals surface area contributed by atoms with Gasteiger partial charge in [-0.15, -0.1) is 11.8 Å². The first kappa shape index (κ1) is 19.2. The number of thioether (sulfide) groups is 1. The Kier molecular flexibility index (Phi) is 6.32. The van der Waals surface area contributed by atoms with E-state index in [0.29, 0.717) is 16.2 Å². The summed E-state index contributed by atoms with van der Waals surface area (Å²) in [6.07, 6.45) is 0. The molecular weight excluding hydrogens is 366 g/mol. The standard InChI is InChI=1S/C21H20F2N2OS/c1-26-12-15-11-18(27-13-14-7-3-2-4-8-14)20(24)19(23)21(15)25-17-10-6-5-9-16(17)22/h2-11,25H,12-13,24H2,1H3. The van der Waals surface area contributed by atoms with Gasteiger partial charge in [0.1, 0.15) is 5.82 Å². The van der Waals surface area contributed by atoms with E-state index < -0.39 is 11.6 Å². The smallest absolute Gasteiger partial charge is 0.170 e. The van der Waals surface area contributed by atoms with E-state index in [2.05, 4.69) is 5.32 Å². The van der Waals surface area contributed by atoms with Gasteiger partial charge in [0, 0.05) is 23.3 Å². The van der Waals surface area contributed by atoms with Gasteiger partial charge in [-0.1, -0.05) is 42.5 Å². The monoisotopic (exact) mass is 386 g/mol. The van der Waals surface area contributed by atoms with Crippen LogP contribution in [0.25, 0.3) is 0 Å². The molecule has 0 saturated heterocycles. The van der Waals surface area contributed by atoms with Crippen LogP contribution in [0.3, 0.4) is 0 Å². The van der Waals surface area contributed by atoms with E-state index in [0.717, 1.165) is 5.56 Å². The van der Waals surface area contributed by atoms with E-state index in [1.807, 2.05) is 30.3 Å². The number of nitrogens with two attached hydrogens (primary N) is 1. The van der Waals surface area contributed by atoms with Crippen molar-refractivity contribution in [3.8, 4) is 0 Å². The molecule has 0 spiro atoms. The maximum atomic E-state index is 15.0. The number of para-hydroxylation sites is 1. The topological polar surface area (TPSA) is 47.3 Å². The summed E-state index contributed by atoms with van der Waals surface area (Å²) in [5.74, 6) is -0.415. The summed E-state index contributed by atoms with van der Waals surface area (Å²) < 4.78 is 34.2. The molecule has 3 aromatic rings. The van der Waals surface area contributed by atoms with Crippen LogP contribution in [0, 0.1) is 11.6 Å². The van der Waals surface area contributed by atoms with Gasteiger partial charge >= 0.3 is 0 Å². The zero-order valence-electron chi connectivity index (χ0n) is 14.8. The average molecular weight is 386 g/mol. The number of halogens is 2. The summed E-state index contributed by atoms with van der Waals surface area (Å²) >= 11 is 1.45. The molecule has 140 valence electrons. The Bertz CT molecular complexity index is 920. The molecule has 0 aliphatic carbocycles. The zero-order chi connectivity index (χ0) is 19.2. The lowest BCUT2D eigenvalue weighted by Gasteiger charge is -2.17. The van der Waals surface area contributed by atoms with Crippen LogP contribution in [0.4, 0.5) is 25.8 Å². The van der Waals surface area contributed by atoms with Gasteiger partial charge < -0.3 is 15.8 Å². The molecule has 0 atom stereocenters. The van der Waals surface area contributed by atoms with Gasteiger partial charge in [0.25, 0.3) is 0 Å². The van der Waals surface area contributed by atoms with Crippen molar-refractivity contribution in [1.82, 2.24) is 0 Å². The molecule has 0 radical (unpaired) electrons. The highest BCUT2D eigenvalue weighted by atomic mass is 32.2. The number of rotatable bonds is 7. The van der Waals surface area contributed by atoms with E-state index in [1.54, 1.807) is 24.3 Å². The molecule has 6 heteroatoms. The van der Waals surface area contributed by atoms with Crippen molar-refractivity contribution in [2.24, 2.45) is 0 Å². The Morgan fingerprint density at radius 1 is 1.04 bits per heavy atom. The first-order valence-corrected chi connectivity index (χ1v) is 9.36. The fraction of sp³-hybridized carbons (Fsp3) is 0.143. The minimum Gasteiger partial charge on any atom is -0.395 e. The minimum absolute atomic E-state index is 0.0367. The molecule has 27 heavy (non-hydrogen) atoms. The Balaban J connectivity index is 1.92. The average Bonchev–Trinajstić information content (AvgIpc) is 2.69. The Hall–Kier alpha value is -2.57. The summed E-state index contributed by atoms with van der Waals surface area (Å²) in [4.78, 5) is 0.627. The molecule has 3 N–H and O–H groups in total. The summed E-state index contributed by atoms with van der Waals surface area (Å²) in [6.45, 7) is 0.173. The predicted molar refractivity (Wildman–Crippen MR) is 107 cm³/mol.